The van der Waals surface area contributed by atoms with Crippen molar-refractivity contribution in [3.05, 3.63) is 66.5 Å². The molecule has 25 heavy (non-hydrogen) atoms. The number of aryl methyl sites for hydroxylation is 1. The molecular formula is C17H18FN5O2. The number of aliphatic hydroxyl groups excluding tert-OH is 1. The molecule has 0 aliphatic heterocycles. The standard InChI is InChI=1S/C17H18FN5O2/c1-22-10-12(9-19-22)15(11-24)21-17(25)20-13-4-5-14(18)16(8-13)23-6-2-3-7-23/h2-10,15,24H,11H2,1H3,(H2,20,21,25)/t15-/m1/s1. The summed E-state index contributed by atoms with van der Waals surface area (Å²) in [7, 11) is 1.75. The van der Waals surface area contributed by atoms with Crippen molar-refractivity contribution < 1.29 is 14.3 Å². The van der Waals surface area contributed by atoms with E-state index in [1.165, 1.54) is 18.2 Å². The second kappa shape index (κ2) is 7.18. The highest BCUT2D eigenvalue weighted by Crippen LogP contribution is 2.19. The number of aliphatic hydroxyl groups is 1. The summed E-state index contributed by atoms with van der Waals surface area (Å²) in [5.41, 5.74) is 1.45. The normalized spacial score (nSPS) is 12.0. The van der Waals surface area contributed by atoms with Gasteiger partial charge in [0.15, 0.2) is 0 Å². The lowest BCUT2D eigenvalue weighted by molar-refractivity contribution is 0.225. The maximum atomic E-state index is 14.0. The van der Waals surface area contributed by atoms with Gasteiger partial charge >= 0.3 is 6.03 Å². The summed E-state index contributed by atoms with van der Waals surface area (Å²) in [6.45, 7) is -0.267. The summed E-state index contributed by atoms with van der Waals surface area (Å²) in [5, 5.41) is 18.8. The highest BCUT2D eigenvalue weighted by molar-refractivity contribution is 5.89. The Hall–Kier alpha value is -3.13. The molecule has 2 heterocycles. The van der Waals surface area contributed by atoms with E-state index in [4.69, 9.17) is 0 Å². The van der Waals surface area contributed by atoms with Crippen LogP contribution in [0.3, 0.4) is 0 Å². The number of nitrogens with one attached hydrogen (secondary N) is 2. The molecule has 8 heteroatoms. The van der Waals surface area contributed by atoms with Crippen LogP contribution < -0.4 is 10.6 Å². The molecule has 0 unspecified atom stereocenters. The number of urea groups is 1. The zero-order valence-electron chi connectivity index (χ0n) is 13.6. The molecule has 3 rings (SSSR count). The zero-order chi connectivity index (χ0) is 17.8. The molecule has 0 bridgehead atoms. The molecule has 0 spiro atoms. The fourth-order valence-electron chi connectivity index (χ4n) is 2.46. The second-order valence-electron chi connectivity index (χ2n) is 5.54. The van der Waals surface area contributed by atoms with Crippen LogP contribution in [0.5, 0.6) is 0 Å². The van der Waals surface area contributed by atoms with Gasteiger partial charge in [-0.15, -0.1) is 0 Å². The molecule has 3 aromatic rings. The molecule has 0 radical (unpaired) electrons. The number of carbonyl (C=O) groups is 1. The molecule has 0 aliphatic carbocycles. The van der Waals surface area contributed by atoms with E-state index in [1.54, 1.807) is 53.2 Å². The van der Waals surface area contributed by atoms with Crippen molar-refractivity contribution in [3.8, 4) is 5.69 Å². The van der Waals surface area contributed by atoms with Gasteiger partial charge in [-0.25, -0.2) is 9.18 Å². The monoisotopic (exact) mass is 343 g/mol. The summed E-state index contributed by atoms with van der Waals surface area (Å²) in [4.78, 5) is 12.2. The average Bonchev–Trinajstić information content (AvgIpc) is 3.26. The summed E-state index contributed by atoms with van der Waals surface area (Å²) >= 11 is 0. The van der Waals surface area contributed by atoms with Gasteiger partial charge in [-0.3, -0.25) is 4.68 Å². The van der Waals surface area contributed by atoms with Gasteiger partial charge in [0.25, 0.3) is 0 Å². The van der Waals surface area contributed by atoms with Gasteiger partial charge in [0.1, 0.15) is 5.82 Å². The van der Waals surface area contributed by atoms with Crippen LogP contribution >= 0.6 is 0 Å². The first-order chi connectivity index (χ1) is 12.1. The molecule has 3 N–H and O–H groups in total. The smallest absolute Gasteiger partial charge is 0.319 e. The molecule has 2 amide bonds. The fraction of sp³-hybridized carbons (Fsp3) is 0.176. The Morgan fingerprint density at radius 1 is 1.36 bits per heavy atom. The summed E-state index contributed by atoms with van der Waals surface area (Å²) in [6.07, 6.45) is 6.71. The quantitative estimate of drug-likeness (QED) is 0.664. The minimum atomic E-state index is -0.585. The SMILES string of the molecule is Cn1cc([C@@H](CO)NC(=O)Nc2ccc(F)c(-n3cccc3)c2)cn1. The fourth-order valence-corrected chi connectivity index (χ4v) is 2.46. The predicted molar refractivity (Wildman–Crippen MR) is 90.9 cm³/mol. The first-order valence-corrected chi connectivity index (χ1v) is 7.66. The number of hydrogen-bond acceptors (Lipinski definition) is 3. The number of rotatable bonds is 5. The minimum absolute atomic E-state index is 0.267. The molecule has 1 aromatic carbocycles. The van der Waals surface area contributed by atoms with E-state index in [1.807, 2.05) is 0 Å². The molecule has 0 saturated heterocycles. The number of amides is 2. The van der Waals surface area contributed by atoms with E-state index >= 15 is 0 Å². The number of anilines is 1. The Kier molecular flexibility index (Phi) is 4.80. The molecule has 2 aromatic heterocycles. The van der Waals surface area contributed by atoms with E-state index in [2.05, 4.69) is 15.7 Å². The number of hydrogen-bond donors (Lipinski definition) is 3. The van der Waals surface area contributed by atoms with Gasteiger partial charge in [-0.05, 0) is 30.3 Å². The zero-order valence-corrected chi connectivity index (χ0v) is 13.6. The van der Waals surface area contributed by atoms with Crippen molar-refractivity contribution in [2.45, 2.75) is 6.04 Å². The van der Waals surface area contributed by atoms with Crippen LogP contribution in [-0.2, 0) is 7.05 Å². The Morgan fingerprint density at radius 2 is 2.12 bits per heavy atom. The Morgan fingerprint density at radius 3 is 2.76 bits per heavy atom. The van der Waals surface area contributed by atoms with Crippen LogP contribution in [0.4, 0.5) is 14.9 Å². The van der Waals surface area contributed by atoms with Crippen LogP contribution in [0, 0.1) is 5.82 Å². The van der Waals surface area contributed by atoms with E-state index in [0.29, 0.717) is 16.9 Å². The minimum Gasteiger partial charge on any atom is -0.394 e. The van der Waals surface area contributed by atoms with Crippen molar-refractivity contribution in [2.24, 2.45) is 7.05 Å². The topological polar surface area (TPSA) is 84.1 Å². The van der Waals surface area contributed by atoms with Gasteiger partial charge in [-0.2, -0.15) is 5.10 Å². The Labute approximate surface area is 143 Å². The first kappa shape index (κ1) is 16.7. The molecule has 0 aliphatic rings. The molecule has 7 nitrogen and oxygen atoms in total. The third kappa shape index (κ3) is 3.86. The maximum Gasteiger partial charge on any atom is 0.319 e. The summed E-state index contributed by atoms with van der Waals surface area (Å²) < 4.78 is 17.2. The van der Waals surface area contributed by atoms with Gasteiger partial charge < -0.3 is 20.3 Å². The second-order valence-corrected chi connectivity index (χ2v) is 5.54. The number of carbonyl (C=O) groups excluding carboxylic acids is 1. The number of benzene rings is 1. The van der Waals surface area contributed by atoms with Crippen molar-refractivity contribution >= 4 is 11.7 Å². The van der Waals surface area contributed by atoms with E-state index < -0.39 is 17.9 Å². The van der Waals surface area contributed by atoms with Gasteiger partial charge in [0.2, 0.25) is 0 Å². The van der Waals surface area contributed by atoms with Crippen molar-refractivity contribution in [2.75, 3.05) is 11.9 Å². The van der Waals surface area contributed by atoms with Gasteiger partial charge in [0, 0.05) is 36.9 Å². The van der Waals surface area contributed by atoms with Crippen molar-refractivity contribution in [1.29, 1.82) is 0 Å². The van der Waals surface area contributed by atoms with Crippen LogP contribution in [0.2, 0.25) is 0 Å². The number of aromatic nitrogens is 3. The molecular weight excluding hydrogens is 325 g/mol. The predicted octanol–water partition coefficient (Wildman–Crippen LogP) is 2.21. The lowest BCUT2D eigenvalue weighted by atomic mass is 10.2. The highest BCUT2D eigenvalue weighted by Gasteiger charge is 2.16. The van der Waals surface area contributed by atoms with Crippen molar-refractivity contribution in [1.82, 2.24) is 19.7 Å². The molecule has 130 valence electrons. The van der Waals surface area contributed by atoms with E-state index in [-0.39, 0.29) is 6.61 Å². The van der Waals surface area contributed by atoms with Crippen molar-refractivity contribution in [3.63, 3.8) is 0 Å². The van der Waals surface area contributed by atoms with Crippen LogP contribution in [-0.4, -0.2) is 32.1 Å². The van der Waals surface area contributed by atoms with Gasteiger partial charge in [-0.1, -0.05) is 0 Å². The van der Waals surface area contributed by atoms with Crippen LogP contribution in [0.25, 0.3) is 5.69 Å². The van der Waals surface area contributed by atoms with Crippen LogP contribution in [0.1, 0.15) is 11.6 Å². The number of halogens is 1. The molecule has 0 saturated carbocycles. The third-order valence-corrected chi connectivity index (χ3v) is 3.70. The molecule has 0 fully saturated rings. The average molecular weight is 343 g/mol. The summed E-state index contributed by atoms with van der Waals surface area (Å²) in [6, 6.07) is 6.77. The lowest BCUT2D eigenvalue weighted by Crippen LogP contribution is -2.34. The lowest BCUT2D eigenvalue weighted by Gasteiger charge is -2.16. The highest BCUT2D eigenvalue weighted by atomic mass is 19.1. The third-order valence-electron chi connectivity index (χ3n) is 3.70. The largest absolute Gasteiger partial charge is 0.394 e. The Bertz CT molecular complexity index is 860. The van der Waals surface area contributed by atoms with Gasteiger partial charge in [0.05, 0.1) is 24.5 Å². The molecule has 1 atom stereocenters. The number of nitrogens with zero attached hydrogens (tertiary/aromatic N) is 3. The summed E-state index contributed by atoms with van der Waals surface area (Å²) in [5.74, 6) is -0.397. The maximum absolute atomic E-state index is 14.0. The first-order valence-electron chi connectivity index (χ1n) is 7.66. The van der Waals surface area contributed by atoms with E-state index in [9.17, 15) is 14.3 Å². The van der Waals surface area contributed by atoms with Crippen LogP contribution in [0.15, 0.2) is 55.1 Å². The Balaban J connectivity index is 1.71. The van der Waals surface area contributed by atoms with E-state index in [0.717, 1.165) is 0 Å².